The Balaban J connectivity index is 1.79. The summed E-state index contributed by atoms with van der Waals surface area (Å²) in [5, 5.41) is 3.58. The second-order valence-electron chi connectivity index (χ2n) is 3.64. The van der Waals surface area contributed by atoms with E-state index in [-0.39, 0.29) is 0 Å². The Labute approximate surface area is 62.2 Å². The number of hydrogen-bond acceptors (Lipinski definition) is 2. The Hall–Kier alpha value is -0.0800. The molecule has 2 unspecified atom stereocenters. The highest BCUT2D eigenvalue weighted by molar-refractivity contribution is 4.92. The van der Waals surface area contributed by atoms with Crippen molar-refractivity contribution in [2.75, 3.05) is 0 Å². The van der Waals surface area contributed by atoms with Crippen LogP contribution >= 0.6 is 0 Å². The summed E-state index contributed by atoms with van der Waals surface area (Å²) < 4.78 is 0. The maximum atomic E-state index is 5.89. The minimum absolute atomic E-state index is 0.445. The summed E-state index contributed by atoms with van der Waals surface area (Å²) in [6.45, 7) is 0. The molecule has 0 heterocycles. The predicted octanol–water partition coefficient (Wildman–Crippen LogP) is 0.618. The zero-order chi connectivity index (χ0) is 6.97. The fourth-order valence-corrected chi connectivity index (χ4v) is 1.75. The first-order valence-corrected chi connectivity index (χ1v) is 4.38. The summed E-state index contributed by atoms with van der Waals surface area (Å²) in [5.74, 6) is 0. The van der Waals surface area contributed by atoms with Gasteiger partial charge in [-0.1, -0.05) is 6.42 Å². The van der Waals surface area contributed by atoms with Gasteiger partial charge in [-0.25, -0.2) is 0 Å². The van der Waals surface area contributed by atoms with E-state index in [4.69, 9.17) is 5.73 Å². The highest BCUT2D eigenvalue weighted by Gasteiger charge is 2.30. The van der Waals surface area contributed by atoms with Crippen LogP contribution in [0, 0.1) is 0 Å². The average Bonchev–Trinajstić information content (AvgIpc) is 2.62. The van der Waals surface area contributed by atoms with Crippen LogP contribution in [0.15, 0.2) is 0 Å². The van der Waals surface area contributed by atoms with Gasteiger partial charge in [0.25, 0.3) is 0 Å². The number of hydrogen-bond donors (Lipinski definition) is 2. The van der Waals surface area contributed by atoms with Gasteiger partial charge in [-0.05, 0) is 25.7 Å². The van der Waals surface area contributed by atoms with Crippen molar-refractivity contribution in [1.29, 1.82) is 0 Å². The average molecular weight is 140 g/mol. The van der Waals surface area contributed by atoms with Crippen molar-refractivity contribution in [2.45, 2.75) is 50.2 Å². The molecule has 0 aromatic carbocycles. The van der Waals surface area contributed by atoms with Crippen LogP contribution in [-0.4, -0.2) is 18.1 Å². The third-order valence-corrected chi connectivity index (χ3v) is 2.60. The zero-order valence-electron chi connectivity index (χ0n) is 6.34. The standard InChI is InChI=1S/C8H16N2/c9-7-2-1-3-8(7)10-6-4-5-6/h6-8,10H,1-5,9H2. The summed E-state index contributed by atoms with van der Waals surface area (Å²) >= 11 is 0. The van der Waals surface area contributed by atoms with Gasteiger partial charge in [0.05, 0.1) is 0 Å². The van der Waals surface area contributed by atoms with E-state index in [0.717, 1.165) is 6.04 Å². The van der Waals surface area contributed by atoms with Crippen LogP contribution in [0.2, 0.25) is 0 Å². The van der Waals surface area contributed by atoms with Gasteiger partial charge in [-0.3, -0.25) is 0 Å². The molecule has 0 aliphatic heterocycles. The van der Waals surface area contributed by atoms with Crippen molar-refractivity contribution >= 4 is 0 Å². The Morgan fingerprint density at radius 3 is 2.40 bits per heavy atom. The number of rotatable bonds is 2. The van der Waals surface area contributed by atoms with Crippen LogP contribution in [0.4, 0.5) is 0 Å². The van der Waals surface area contributed by atoms with Crippen molar-refractivity contribution in [3.8, 4) is 0 Å². The first-order valence-electron chi connectivity index (χ1n) is 4.38. The van der Waals surface area contributed by atoms with E-state index in [1.807, 2.05) is 0 Å². The third-order valence-electron chi connectivity index (χ3n) is 2.60. The van der Waals surface area contributed by atoms with Crippen molar-refractivity contribution in [3.05, 3.63) is 0 Å². The van der Waals surface area contributed by atoms with Gasteiger partial charge in [0.1, 0.15) is 0 Å². The van der Waals surface area contributed by atoms with Crippen molar-refractivity contribution in [1.82, 2.24) is 5.32 Å². The molecule has 0 bridgehead atoms. The predicted molar refractivity (Wildman–Crippen MR) is 41.8 cm³/mol. The fourth-order valence-electron chi connectivity index (χ4n) is 1.75. The maximum Gasteiger partial charge on any atom is 0.0221 e. The molecule has 10 heavy (non-hydrogen) atoms. The van der Waals surface area contributed by atoms with Gasteiger partial charge in [-0.2, -0.15) is 0 Å². The Morgan fingerprint density at radius 2 is 1.90 bits per heavy atom. The van der Waals surface area contributed by atoms with E-state index in [1.54, 1.807) is 0 Å². The summed E-state index contributed by atoms with van der Waals surface area (Å²) in [4.78, 5) is 0. The molecular formula is C8H16N2. The van der Waals surface area contributed by atoms with Gasteiger partial charge in [0.2, 0.25) is 0 Å². The minimum atomic E-state index is 0.445. The topological polar surface area (TPSA) is 38.0 Å². The van der Waals surface area contributed by atoms with E-state index in [0.29, 0.717) is 12.1 Å². The molecule has 2 aliphatic rings. The lowest BCUT2D eigenvalue weighted by atomic mass is 10.2. The molecular weight excluding hydrogens is 124 g/mol. The summed E-state index contributed by atoms with van der Waals surface area (Å²) in [6, 6.07) is 1.92. The van der Waals surface area contributed by atoms with Crippen LogP contribution < -0.4 is 11.1 Å². The smallest absolute Gasteiger partial charge is 0.0221 e. The molecule has 0 radical (unpaired) electrons. The molecule has 2 atom stereocenters. The molecule has 0 amide bonds. The van der Waals surface area contributed by atoms with Gasteiger partial charge < -0.3 is 11.1 Å². The second kappa shape index (κ2) is 2.51. The third kappa shape index (κ3) is 1.32. The monoisotopic (exact) mass is 140 g/mol. The molecule has 2 saturated carbocycles. The summed E-state index contributed by atoms with van der Waals surface area (Å²) in [5.41, 5.74) is 5.89. The molecule has 58 valence electrons. The van der Waals surface area contributed by atoms with Crippen molar-refractivity contribution in [2.24, 2.45) is 5.73 Å². The van der Waals surface area contributed by atoms with Crippen LogP contribution in [-0.2, 0) is 0 Å². The molecule has 2 rings (SSSR count). The largest absolute Gasteiger partial charge is 0.326 e. The van der Waals surface area contributed by atoms with Crippen LogP contribution in [0.1, 0.15) is 32.1 Å². The lowest BCUT2D eigenvalue weighted by Crippen LogP contribution is -2.41. The Morgan fingerprint density at radius 1 is 1.10 bits per heavy atom. The van der Waals surface area contributed by atoms with Crippen LogP contribution in [0.25, 0.3) is 0 Å². The van der Waals surface area contributed by atoms with E-state index < -0.39 is 0 Å². The molecule has 0 spiro atoms. The Bertz CT molecular complexity index is 120. The number of nitrogens with two attached hydrogens (primary N) is 1. The van der Waals surface area contributed by atoms with Crippen LogP contribution in [0.5, 0.6) is 0 Å². The summed E-state index contributed by atoms with van der Waals surface area (Å²) in [6.07, 6.45) is 6.61. The van der Waals surface area contributed by atoms with Crippen LogP contribution in [0.3, 0.4) is 0 Å². The highest BCUT2D eigenvalue weighted by Crippen LogP contribution is 2.24. The summed E-state index contributed by atoms with van der Waals surface area (Å²) in [7, 11) is 0. The highest BCUT2D eigenvalue weighted by atomic mass is 15.0. The SMILES string of the molecule is NC1CCCC1NC1CC1. The van der Waals surface area contributed by atoms with E-state index in [9.17, 15) is 0 Å². The molecule has 0 aromatic rings. The zero-order valence-corrected chi connectivity index (χ0v) is 6.34. The van der Waals surface area contributed by atoms with Crippen molar-refractivity contribution < 1.29 is 0 Å². The lowest BCUT2D eigenvalue weighted by Gasteiger charge is -2.16. The quantitative estimate of drug-likeness (QED) is 0.590. The minimum Gasteiger partial charge on any atom is -0.326 e. The van der Waals surface area contributed by atoms with Gasteiger partial charge in [0, 0.05) is 18.1 Å². The lowest BCUT2D eigenvalue weighted by molar-refractivity contribution is 0.473. The van der Waals surface area contributed by atoms with E-state index in [1.165, 1.54) is 32.1 Å². The van der Waals surface area contributed by atoms with Gasteiger partial charge in [0.15, 0.2) is 0 Å². The fraction of sp³-hybridized carbons (Fsp3) is 1.00. The first-order chi connectivity index (χ1) is 4.86. The molecule has 0 aromatic heterocycles. The molecule has 3 N–H and O–H groups in total. The molecule has 2 nitrogen and oxygen atoms in total. The maximum absolute atomic E-state index is 5.89. The first kappa shape index (κ1) is 6.62. The molecule has 0 saturated heterocycles. The Kier molecular flexibility index (Phi) is 1.66. The second-order valence-corrected chi connectivity index (χ2v) is 3.64. The molecule has 2 heteroatoms. The molecule has 2 fully saturated rings. The van der Waals surface area contributed by atoms with Gasteiger partial charge in [-0.15, -0.1) is 0 Å². The van der Waals surface area contributed by atoms with E-state index in [2.05, 4.69) is 5.32 Å². The van der Waals surface area contributed by atoms with Crippen molar-refractivity contribution in [3.63, 3.8) is 0 Å². The number of nitrogens with one attached hydrogen (secondary N) is 1. The van der Waals surface area contributed by atoms with Gasteiger partial charge >= 0.3 is 0 Å². The normalized spacial score (nSPS) is 40.5. The van der Waals surface area contributed by atoms with E-state index >= 15 is 0 Å². The molecule has 2 aliphatic carbocycles.